The van der Waals surface area contributed by atoms with Crippen molar-refractivity contribution in [3.63, 3.8) is 0 Å². The second kappa shape index (κ2) is 10.5. The third-order valence-corrected chi connectivity index (χ3v) is 5.49. The molecule has 1 saturated heterocycles. The van der Waals surface area contributed by atoms with Gasteiger partial charge in [0.2, 0.25) is 0 Å². The number of ether oxygens (including phenoxy) is 1. The van der Waals surface area contributed by atoms with E-state index < -0.39 is 0 Å². The number of carbonyl (C=O) groups is 1. The zero-order chi connectivity index (χ0) is 20.9. The predicted molar refractivity (Wildman–Crippen MR) is 120 cm³/mol. The first kappa shape index (κ1) is 22.9. The van der Waals surface area contributed by atoms with Gasteiger partial charge in [-0.3, -0.25) is 9.69 Å². The number of piperidine rings is 1. The number of nitrogens with one attached hydrogen (secondary N) is 1. The van der Waals surface area contributed by atoms with E-state index in [2.05, 4.69) is 15.4 Å². The summed E-state index contributed by atoms with van der Waals surface area (Å²) in [4.78, 5) is 15.1. The van der Waals surface area contributed by atoms with Crippen molar-refractivity contribution >= 4 is 18.3 Å². The van der Waals surface area contributed by atoms with Gasteiger partial charge in [0.05, 0.1) is 13.2 Å². The van der Waals surface area contributed by atoms with Crippen LogP contribution in [0.15, 0.2) is 51.4 Å². The number of likely N-dealkylation sites (tertiary alicyclic amines) is 1. The second-order valence-electron chi connectivity index (χ2n) is 7.58. The van der Waals surface area contributed by atoms with E-state index in [1.165, 1.54) is 19.3 Å². The molecule has 31 heavy (non-hydrogen) atoms. The molecule has 1 atom stereocenters. The number of halogens is 1. The minimum absolute atomic E-state index is 0. The minimum Gasteiger partial charge on any atom is -0.497 e. The van der Waals surface area contributed by atoms with Crippen molar-refractivity contribution < 1.29 is 18.5 Å². The Morgan fingerprint density at radius 2 is 1.90 bits per heavy atom. The van der Waals surface area contributed by atoms with Crippen molar-refractivity contribution in [3.8, 4) is 17.1 Å². The first-order valence-electron chi connectivity index (χ1n) is 10.3. The molecule has 0 aliphatic carbocycles. The molecule has 4 rings (SSSR count). The lowest BCUT2D eigenvalue weighted by Gasteiger charge is -2.33. The molecule has 0 saturated carbocycles. The van der Waals surface area contributed by atoms with Gasteiger partial charge < -0.3 is 19.0 Å². The van der Waals surface area contributed by atoms with E-state index in [4.69, 9.17) is 13.7 Å². The quantitative estimate of drug-likeness (QED) is 0.571. The molecule has 1 N–H and O–H groups in total. The Labute approximate surface area is 188 Å². The van der Waals surface area contributed by atoms with E-state index >= 15 is 0 Å². The molecule has 8 heteroatoms. The van der Waals surface area contributed by atoms with Gasteiger partial charge in [-0.15, -0.1) is 12.4 Å². The number of rotatable bonds is 7. The number of nitrogens with zero attached hydrogens (tertiary/aromatic N) is 2. The van der Waals surface area contributed by atoms with Crippen LogP contribution in [0.5, 0.6) is 5.75 Å². The maximum atomic E-state index is 12.7. The Hall–Kier alpha value is -2.77. The molecule has 3 aromatic rings. The second-order valence-corrected chi connectivity index (χ2v) is 7.58. The fourth-order valence-electron chi connectivity index (χ4n) is 3.83. The number of furan rings is 1. The van der Waals surface area contributed by atoms with Crippen molar-refractivity contribution in [1.29, 1.82) is 0 Å². The lowest BCUT2D eigenvalue weighted by molar-refractivity contribution is 0.0905. The maximum Gasteiger partial charge on any atom is 0.273 e. The summed E-state index contributed by atoms with van der Waals surface area (Å²) in [7, 11) is 1.62. The summed E-state index contributed by atoms with van der Waals surface area (Å²) >= 11 is 0. The number of methoxy groups -OCH3 is 1. The molecule has 1 unspecified atom stereocenters. The van der Waals surface area contributed by atoms with Crippen LogP contribution in [0.2, 0.25) is 0 Å². The first-order chi connectivity index (χ1) is 14.6. The molecule has 1 amide bonds. The summed E-state index contributed by atoms with van der Waals surface area (Å²) in [5.74, 6) is 2.79. The summed E-state index contributed by atoms with van der Waals surface area (Å²) < 4.78 is 16.4. The van der Waals surface area contributed by atoms with E-state index in [9.17, 15) is 4.79 Å². The highest BCUT2D eigenvalue weighted by Gasteiger charge is 2.26. The van der Waals surface area contributed by atoms with Crippen molar-refractivity contribution in [2.75, 3.05) is 26.7 Å². The molecule has 3 heterocycles. The van der Waals surface area contributed by atoms with Crippen LogP contribution in [0.25, 0.3) is 11.3 Å². The molecule has 0 spiro atoms. The monoisotopic (exact) mass is 445 g/mol. The lowest BCUT2D eigenvalue weighted by atomic mass is 10.1. The molecule has 7 nitrogen and oxygen atoms in total. The van der Waals surface area contributed by atoms with Crippen LogP contribution in [0.1, 0.15) is 47.3 Å². The zero-order valence-electron chi connectivity index (χ0n) is 17.8. The molecule has 0 radical (unpaired) electrons. The SMILES string of the molecule is COc1ccc(-c2cc(C(=O)NCC(c3ccc(C)o3)N3CCCCC3)no2)cc1.Cl. The molecule has 1 aromatic carbocycles. The van der Waals surface area contributed by atoms with Gasteiger partial charge in [-0.25, -0.2) is 0 Å². The van der Waals surface area contributed by atoms with E-state index in [1.54, 1.807) is 13.2 Å². The van der Waals surface area contributed by atoms with Gasteiger partial charge in [0.15, 0.2) is 11.5 Å². The Kier molecular flexibility index (Phi) is 7.76. The maximum absolute atomic E-state index is 12.7. The standard InChI is InChI=1S/C23H27N3O4.ClH/c1-16-6-11-21(29-16)20(26-12-4-3-5-13-26)15-24-23(27)19-14-22(30-25-19)17-7-9-18(28-2)10-8-17;/h6-11,14,20H,3-5,12-13,15H2,1-2H3,(H,24,27);1H. The molecular weight excluding hydrogens is 418 g/mol. The Morgan fingerprint density at radius 3 is 2.55 bits per heavy atom. The van der Waals surface area contributed by atoms with Gasteiger partial charge in [0.1, 0.15) is 17.3 Å². The third kappa shape index (κ3) is 5.48. The summed E-state index contributed by atoms with van der Waals surface area (Å²) in [6.45, 7) is 4.40. The largest absolute Gasteiger partial charge is 0.497 e. The number of amides is 1. The Balaban J connectivity index is 0.00000272. The molecular formula is C23H28ClN3O4. The summed E-state index contributed by atoms with van der Waals surface area (Å²) in [6.07, 6.45) is 3.58. The first-order valence-corrected chi connectivity index (χ1v) is 10.3. The fraction of sp³-hybridized carbons (Fsp3) is 0.391. The lowest BCUT2D eigenvalue weighted by Crippen LogP contribution is -2.40. The van der Waals surface area contributed by atoms with Gasteiger partial charge >= 0.3 is 0 Å². The van der Waals surface area contributed by atoms with Gasteiger partial charge in [-0.2, -0.15) is 0 Å². The number of benzene rings is 1. The van der Waals surface area contributed by atoms with Gasteiger partial charge in [0.25, 0.3) is 5.91 Å². The number of carbonyl (C=O) groups excluding carboxylic acids is 1. The smallest absolute Gasteiger partial charge is 0.273 e. The van der Waals surface area contributed by atoms with Gasteiger partial charge in [0, 0.05) is 18.2 Å². The van der Waals surface area contributed by atoms with Crippen LogP contribution in [0, 0.1) is 6.92 Å². The topological polar surface area (TPSA) is 80.7 Å². The highest BCUT2D eigenvalue weighted by Crippen LogP contribution is 2.26. The van der Waals surface area contributed by atoms with Crippen LogP contribution in [0.4, 0.5) is 0 Å². The summed E-state index contributed by atoms with van der Waals surface area (Å²) in [5.41, 5.74) is 1.09. The van der Waals surface area contributed by atoms with E-state index in [0.717, 1.165) is 35.9 Å². The van der Waals surface area contributed by atoms with Crippen LogP contribution >= 0.6 is 12.4 Å². The molecule has 1 aliphatic heterocycles. The van der Waals surface area contributed by atoms with E-state index in [1.807, 2.05) is 43.3 Å². The molecule has 1 aliphatic rings. The fourth-order valence-corrected chi connectivity index (χ4v) is 3.83. The van der Waals surface area contributed by atoms with Crippen LogP contribution in [-0.4, -0.2) is 42.7 Å². The summed E-state index contributed by atoms with van der Waals surface area (Å²) in [6, 6.07) is 13.0. The highest BCUT2D eigenvalue weighted by molar-refractivity contribution is 5.93. The molecule has 0 bridgehead atoms. The van der Waals surface area contributed by atoms with Crippen LogP contribution < -0.4 is 10.1 Å². The van der Waals surface area contributed by atoms with E-state index in [-0.39, 0.29) is 30.0 Å². The third-order valence-electron chi connectivity index (χ3n) is 5.49. The van der Waals surface area contributed by atoms with Crippen molar-refractivity contribution in [2.45, 2.75) is 32.2 Å². The predicted octanol–water partition coefficient (Wildman–Crippen LogP) is 4.63. The van der Waals surface area contributed by atoms with Gasteiger partial charge in [-0.05, 0) is 69.3 Å². The van der Waals surface area contributed by atoms with Gasteiger partial charge in [-0.1, -0.05) is 11.6 Å². The van der Waals surface area contributed by atoms with Crippen molar-refractivity contribution in [2.24, 2.45) is 0 Å². The normalized spacial score (nSPS) is 15.2. The number of hydrogen-bond acceptors (Lipinski definition) is 6. The number of aryl methyl sites for hydroxylation is 1. The molecule has 166 valence electrons. The minimum atomic E-state index is -0.260. The molecule has 2 aromatic heterocycles. The average molecular weight is 446 g/mol. The zero-order valence-corrected chi connectivity index (χ0v) is 18.6. The van der Waals surface area contributed by atoms with Crippen molar-refractivity contribution in [3.05, 3.63) is 59.7 Å². The number of hydrogen-bond donors (Lipinski definition) is 1. The van der Waals surface area contributed by atoms with Crippen LogP contribution in [0.3, 0.4) is 0 Å². The van der Waals surface area contributed by atoms with E-state index in [0.29, 0.717) is 12.3 Å². The van der Waals surface area contributed by atoms with Crippen LogP contribution in [-0.2, 0) is 0 Å². The Morgan fingerprint density at radius 1 is 1.16 bits per heavy atom. The highest BCUT2D eigenvalue weighted by atomic mass is 35.5. The summed E-state index contributed by atoms with van der Waals surface area (Å²) in [5, 5.41) is 6.95. The van der Waals surface area contributed by atoms with Crippen molar-refractivity contribution in [1.82, 2.24) is 15.4 Å². The number of aromatic nitrogens is 1. The average Bonchev–Trinajstić information content (AvgIpc) is 3.44. The molecule has 1 fully saturated rings. The Bertz CT molecular complexity index is 977.